The number of aliphatic imine (C=N–C) groups is 1. The first-order chi connectivity index (χ1) is 9.82. The predicted molar refractivity (Wildman–Crippen MR) is 81.1 cm³/mol. The Hall–Kier alpha value is -1.25. The molecule has 1 aromatic carbocycles. The monoisotopic (exact) mass is 289 g/mol. The van der Waals surface area contributed by atoms with Crippen molar-refractivity contribution < 1.29 is 9.53 Å². The highest BCUT2D eigenvalue weighted by molar-refractivity contribution is 7.99. The average Bonchev–Trinajstić information content (AvgIpc) is 3.12. The second-order valence-electron chi connectivity index (χ2n) is 5.57. The number of rotatable bonds is 4. The maximum absolute atomic E-state index is 10.7. The molecule has 20 heavy (non-hydrogen) atoms. The zero-order chi connectivity index (χ0) is 13.8. The molecule has 4 heteroatoms. The molecular weight excluding hydrogens is 270 g/mol. The van der Waals surface area contributed by atoms with Gasteiger partial charge in [-0.2, -0.15) is 16.8 Å². The maximum Gasteiger partial charge on any atom is 0.235 e. The molecule has 1 atom stereocenters. The van der Waals surface area contributed by atoms with Crippen molar-refractivity contribution in [2.75, 3.05) is 11.5 Å². The number of thioether (sulfide) groups is 1. The molecule has 1 unspecified atom stereocenters. The number of hydrogen-bond acceptors (Lipinski definition) is 4. The molecule has 3 rings (SSSR count). The lowest BCUT2D eigenvalue weighted by molar-refractivity contribution is 0.229. The van der Waals surface area contributed by atoms with E-state index in [1.165, 1.54) is 5.75 Å². The van der Waals surface area contributed by atoms with E-state index in [9.17, 15) is 4.79 Å². The Balaban J connectivity index is 1.76. The van der Waals surface area contributed by atoms with Crippen LogP contribution in [0.5, 0.6) is 5.75 Å². The summed E-state index contributed by atoms with van der Waals surface area (Å²) in [7, 11) is 0. The van der Waals surface area contributed by atoms with Crippen molar-refractivity contribution in [3.8, 4) is 5.75 Å². The van der Waals surface area contributed by atoms with Gasteiger partial charge in [0.1, 0.15) is 11.9 Å². The summed E-state index contributed by atoms with van der Waals surface area (Å²) in [5, 5.41) is 0. The molecule has 0 N–H and O–H groups in total. The number of ether oxygens (including phenoxy) is 1. The van der Waals surface area contributed by atoms with Gasteiger partial charge < -0.3 is 4.74 Å². The Morgan fingerprint density at radius 3 is 2.60 bits per heavy atom. The van der Waals surface area contributed by atoms with Gasteiger partial charge in [0.15, 0.2) is 0 Å². The number of nitrogens with zero attached hydrogens (tertiary/aromatic N) is 1. The zero-order valence-corrected chi connectivity index (χ0v) is 12.3. The Bertz CT molecular complexity index is 496. The second-order valence-corrected chi connectivity index (χ2v) is 6.72. The van der Waals surface area contributed by atoms with Crippen molar-refractivity contribution in [2.24, 2.45) is 4.99 Å². The molecule has 0 spiro atoms. The summed E-state index contributed by atoms with van der Waals surface area (Å²) in [5.74, 6) is 3.20. The van der Waals surface area contributed by atoms with Crippen LogP contribution in [0.1, 0.15) is 37.7 Å². The number of isocyanates is 1. The summed E-state index contributed by atoms with van der Waals surface area (Å²) >= 11 is 1.95. The van der Waals surface area contributed by atoms with Crippen molar-refractivity contribution in [3.63, 3.8) is 0 Å². The fraction of sp³-hybridized carbons (Fsp3) is 0.562. The fourth-order valence-corrected chi connectivity index (χ4v) is 4.25. The van der Waals surface area contributed by atoms with Crippen LogP contribution in [0.4, 0.5) is 0 Å². The van der Waals surface area contributed by atoms with E-state index in [0.717, 1.165) is 49.2 Å². The van der Waals surface area contributed by atoms with E-state index >= 15 is 0 Å². The first-order valence-electron chi connectivity index (χ1n) is 7.26. The number of hydrogen-bond donors (Lipinski definition) is 0. The SMILES string of the molecule is O=C=NC1(c2ccc(OC3CCSC3)cc2)CCCC1. The Morgan fingerprint density at radius 2 is 2.00 bits per heavy atom. The Morgan fingerprint density at radius 1 is 1.25 bits per heavy atom. The molecule has 1 aromatic rings. The molecule has 0 amide bonds. The molecule has 2 aliphatic rings. The highest BCUT2D eigenvalue weighted by Gasteiger charge is 2.35. The van der Waals surface area contributed by atoms with Gasteiger partial charge in [-0.1, -0.05) is 25.0 Å². The van der Waals surface area contributed by atoms with E-state index in [0.29, 0.717) is 6.10 Å². The van der Waals surface area contributed by atoms with Crippen LogP contribution in [0, 0.1) is 0 Å². The molecule has 1 aliphatic heterocycles. The number of carbonyl (C=O) groups excluding carboxylic acids is 1. The summed E-state index contributed by atoms with van der Waals surface area (Å²) in [4.78, 5) is 14.8. The molecule has 3 nitrogen and oxygen atoms in total. The van der Waals surface area contributed by atoms with Crippen molar-refractivity contribution in [2.45, 2.75) is 43.7 Å². The van der Waals surface area contributed by atoms with E-state index in [2.05, 4.69) is 17.1 Å². The van der Waals surface area contributed by atoms with Crippen LogP contribution < -0.4 is 4.74 Å². The third kappa shape index (κ3) is 2.77. The van der Waals surface area contributed by atoms with E-state index in [1.807, 2.05) is 23.9 Å². The first kappa shape index (κ1) is 13.7. The molecule has 0 radical (unpaired) electrons. The molecular formula is C16H19NO2S. The van der Waals surface area contributed by atoms with Gasteiger partial charge in [-0.15, -0.1) is 0 Å². The van der Waals surface area contributed by atoms with Crippen LogP contribution in [0.2, 0.25) is 0 Å². The summed E-state index contributed by atoms with van der Waals surface area (Å²) in [6.45, 7) is 0. The highest BCUT2D eigenvalue weighted by Crippen LogP contribution is 2.42. The Kier molecular flexibility index (Phi) is 4.13. The molecule has 0 bridgehead atoms. The van der Waals surface area contributed by atoms with Crippen LogP contribution in [-0.4, -0.2) is 23.7 Å². The summed E-state index contributed by atoms with van der Waals surface area (Å²) in [5.41, 5.74) is 0.787. The van der Waals surface area contributed by atoms with Crippen LogP contribution in [0.3, 0.4) is 0 Å². The lowest BCUT2D eigenvalue weighted by Gasteiger charge is -2.23. The van der Waals surface area contributed by atoms with E-state index in [-0.39, 0.29) is 5.54 Å². The van der Waals surface area contributed by atoms with Gasteiger partial charge in [0.05, 0.1) is 5.54 Å². The fourth-order valence-electron chi connectivity index (χ4n) is 3.15. The minimum atomic E-state index is -0.330. The molecule has 106 valence electrons. The lowest BCUT2D eigenvalue weighted by Crippen LogP contribution is -2.19. The van der Waals surface area contributed by atoms with E-state index in [4.69, 9.17) is 4.74 Å². The molecule has 1 heterocycles. The standard InChI is InChI=1S/C16H19NO2S/c18-12-17-16(8-1-2-9-16)13-3-5-14(6-4-13)19-15-7-10-20-11-15/h3-6,15H,1-2,7-11H2. The molecule has 2 fully saturated rings. The van der Waals surface area contributed by atoms with Gasteiger partial charge in [-0.25, -0.2) is 4.79 Å². The van der Waals surface area contributed by atoms with E-state index < -0.39 is 0 Å². The summed E-state index contributed by atoms with van der Waals surface area (Å²) in [6.07, 6.45) is 7.39. The Labute approximate surface area is 123 Å². The third-order valence-corrected chi connectivity index (χ3v) is 5.40. The lowest BCUT2D eigenvalue weighted by atomic mass is 9.89. The highest BCUT2D eigenvalue weighted by atomic mass is 32.2. The minimum absolute atomic E-state index is 0.330. The summed E-state index contributed by atoms with van der Waals surface area (Å²) < 4.78 is 5.96. The van der Waals surface area contributed by atoms with E-state index in [1.54, 1.807) is 6.08 Å². The molecule has 1 aliphatic carbocycles. The van der Waals surface area contributed by atoms with Crippen molar-refractivity contribution >= 4 is 17.8 Å². The van der Waals surface area contributed by atoms with Gasteiger partial charge in [0.2, 0.25) is 6.08 Å². The van der Waals surface area contributed by atoms with Crippen molar-refractivity contribution in [3.05, 3.63) is 29.8 Å². The predicted octanol–water partition coefficient (Wildman–Crippen LogP) is 3.68. The van der Waals surface area contributed by atoms with Crippen molar-refractivity contribution in [1.29, 1.82) is 0 Å². The third-order valence-electron chi connectivity index (χ3n) is 4.27. The van der Waals surface area contributed by atoms with Crippen LogP contribution in [0.25, 0.3) is 0 Å². The topological polar surface area (TPSA) is 38.7 Å². The summed E-state index contributed by atoms with van der Waals surface area (Å²) in [6, 6.07) is 8.14. The van der Waals surface area contributed by atoms with Crippen LogP contribution in [0.15, 0.2) is 29.3 Å². The van der Waals surface area contributed by atoms with Gasteiger partial charge in [-0.05, 0) is 42.7 Å². The smallest absolute Gasteiger partial charge is 0.235 e. The van der Waals surface area contributed by atoms with Gasteiger partial charge in [-0.3, -0.25) is 0 Å². The normalized spacial score (nSPS) is 24.3. The quantitative estimate of drug-likeness (QED) is 0.627. The number of benzene rings is 1. The van der Waals surface area contributed by atoms with Crippen molar-refractivity contribution in [1.82, 2.24) is 0 Å². The maximum atomic E-state index is 10.7. The molecule has 1 saturated heterocycles. The largest absolute Gasteiger partial charge is 0.490 e. The molecule has 1 saturated carbocycles. The average molecular weight is 289 g/mol. The zero-order valence-electron chi connectivity index (χ0n) is 11.5. The minimum Gasteiger partial charge on any atom is -0.490 e. The van der Waals surface area contributed by atoms with Gasteiger partial charge in [0.25, 0.3) is 0 Å². The molecule has 0 aromatic heterocycles. The van der Waals surface area contributed by atoms with Gasteiger partial charge in [0, 0.05) is 5.75 Å². The van der Waals surface area contributed by atoms with Crippen LogP contribution >= 0.6 is 11.8 Å². The second kappa shape index (κ2) is 6.02. The van der Waals surface area contributed by atoms with Gasteiger partial charge >= 0.3 is 0 Å². The first-order valence-corrected chi connectivity index (χ1v) is 8.42. The van der Waals surface area contributed by atoms with Crippen LogP contribution in [-0.2, 0) is 10.3 Å².